The number of halogens is 2. The molecule has 1 aromatic rings. The van der Waals surface area contributed by atoms with Crippen molar-refractivity contribution in [2.24, 2.45) is 0 Å². The van der Waals surface area contributed by atoms with Gasteiger partial charge in [-0.3, -0.25) is 0 Å². The summed E-state index contributed by atoms with van der Waals surface area (Å²) in [5.41, 5.74) is 0.901. The van der Waals surface area contributed by atoms with Crippen molar-refractivity contribution in [1.82, 2.24) is 5.32 Å². The maximum atomic E-state index is 6.03. The highest BCUT2D eigenvalue weighted by Gasteiger charge is 2.18. The molecule has 80 valence electrons. The van der Waals surface area contributed by atoms with Crippen LogP contribution in [0.1, 0.15) is 18.4 Å². The lowest BCUT2D eigenvalue weighted by molar-refractivity contribution is 0.754. The molecule has 0 spiro atoms. The van der Waals surface area contributed by atoms with Gasteiger partial charge in [-0.1, -0.05) is 41.4 Å². The molecule has 1 nitrogen and oxygen atoms in total. The normalized spacial score (nSPS) is 16.1. The smallest absolute Gasteiger partial charge is 0.0493 e. The van der Waals surface area contributed by atoms with Crippen LogP contribution in [0.5, 0.6) is 0 Å². The summed E-state index contributed by atoms with van der Waals surface area (Å²) in [6, 6.07) is 6.28. The van der Waals surface area contributed by atoms with E-state index >= 15 is 0 Å². The Morgan fingerprint density at radius 3 is 2.53 bits per heavy atom. The highest BCUT2D eigenvalue weighted by molar-refractivity contribution is 6.37. The lowest BCUT2D eigenvalue weighted by Gasteiger charge is -2.01. The van der Waals surface area contributed by atoms with E-state index in [0.717, 1.165) is 18.2 Å². The van der Waals surface area contributed by atoms with Gasteiger partial charge in [0.05, 0.1) is 0 Å². The topological polar surface area (TPSA) is 12.0 Å². The van der Waals surface area contributed by atoms with Gasteiger partial charge in [0.1, 0.15) is 0 Å². The first-order valence-corrected chi connectivity index (χ1v) is 5.87. The van der Waals surface area contributed by atoms with E-state index in [1.165, 1.54) is 12.8 Å². The Morgan fingerprint density at radius 2 is 1.93 bits per heavy atom. The molecule has 0 atom stereocenters. The third kappa shape index (κ3) is 3.23. The minimum atomic E-state index is 0.699. The summed E-state index contributed by atoms with van der Waals surface area (Å²) in [5.74, 6) is 0. The van der Waals surface area contributed by atoms with Crippen LogP contribution in [0.3, 0.4) is 0 Å². The predicted octanol–water partition coefficient (Wildman–Crippen LogP) is 3.76. The van der Waals surface area contributed by atoms with Crippen molar-refractivity contribution in [3.8, 4) is 0 Å². The Labute approximate surface area is 100 Å². The molecule has 0 unspecified atom stereocenters. The van der Waals surface area contributed by atoms with Gasteiger partial charge in [0.15, 0.2) is 0 Å². The second-order valence-electron chi connectivity index (χ2n) is 3.72. The SMILES string of the molecule is Clc1cccc(Cl)c1C=CCNC1CC1. The zero-order valence-corrected chi connectivity index (χ0v) is 9.85. The van der Waals surface area contributed by atoms with E-state index in [1.54, 1.807) is 0 Å². The molecule has 1 aromatic carbocycles. The molecule has 0 bridgehead atoms. The van der Waals surface area contributed by atoms with E-state index in [9.17, 15) is 0 Å². The van der Waals surface area contributed by atoms with Gasteiger partial charge in [0, 0.05) is 28.2 Å². The standard InChI is InChI=1S/C12H13Cl2N/c13-11-4-1-5-12(14)10(11)3-2-8-15-9-6-7-9/h1-5,9,15H,6-8H2. The predicted molar refractivity (Wildman–Crippen MR) is 66.5 cm³/mol. The first-order chi connectivity index (χ1) is 7.27. The van der Waals surface area contributed by atoms with Crippen molar-refractivity contribution >= 4 is 29.3 Å². The Hall–Kier alpha value is -0.500. The monoisotopic (exact) mass is 241 g/mol. The van der Waals surface area contributed by atoms with Crippen LogP contribution >= 0.6 is 23.2 Å². The van der Waals surface area contributed by atoms with Crippen LogP contribution in [0.4, 0.5) is 0 Å². The Balaban J connectivity index is 1.95. The zero-order valence-electron chi connectivity index (χ0n) is 8.34. The van der Waals surface area contributed by atoms with Crippen LogP contribution in [-0.2, 0) is 0 Å². The second-order valence-corrected chi connectivity index (χ2v) is 4.53. The third-order valence-corrected chi connectivity index (χ3v) is 3.05. The Kier molecular flexibility index (Phi) is 3.68. The highest BCUT2D eigenvalue weighted by Crippen LogP contribution is 2.25. The van der Waals surface area contributed by atoms with Crippen LogP contribution in [-0.4, -0.2) is 12.6 Å². The summed E-state index contributed by atoms with van der Waals surface area (Å²) in [6.45, 7) is 0.881. The number of hydrogen-bond acceptors (Lipinski definition) is 1. The Bertz CT molecular complexity index is 350. The van der Waals surface area contributed by atoms with E-state index < -0.39 is 0 Å². The summed E-state index contributed by atoms with van der Waals surface area (Å²) in [7, 11) is 0. The maximum absolute atomic E-state index is 6.03. The van der Waals surface area contributed by atoms with Gasteiger partial charge in [-0.2, -0.15) is 0 Å². The molecular weight excluding hydrogens is 229 g/mol. The van der Waals surface area contributed by atoms with Crippen molar-refractivity contribution in [3.05, 3.63) is 39.9 Å². The molecule has 0 amide bonds. The van der Waals surface area contributed by atoms with Crippen molar-refractivity contribution in [3.63, 3.8) is 0 Å². The molecule has 3 heteroatoms. The summed E-state index contributed by atoms with van der Waals surface area (Å²) in [6.07, 6.45) is 6.65. The van der Waals surface area contributed by atoms with Gasteiger partial charge in [-0.15, -0.1) is 0 Å². The molecule has 0 saturated heterocycles. The fourth-order valence-corrected chi connectivity index (χ4v) is 1.89. The van der Waals surface area contributed by atoms with E-state index in [-0.39, 0.29) is 0 Å². The molecule has 0 radical (unpaired) electrons. The summed E-state index contributed by atoms with van der Waals surface area (Å²) < 4.78 is 0. The quantitative estimate of drug-likeness (QED) is 0.847. The molecular formula is C12H13Cl2N. The highest BCUT2D eigenvalue weighted by atomic mass is 35.5. The molecule has 0 aliphatic heterocycles. The van der Waals surface area contributed by atoms with E-state index in [1.807, 2.05) is 24.3 Å². The molecule has 2 rings (SSSR count). The average molecular weight is 242 g/mol. The number of hydrogen-bond donors (Lipinski definition) is 1. The summed E-state index contributed by atoms with van der Waals surface area (Å²) in [5, 5.41) is 4.79. The summed E-state index contributed by atoms with van der Waals surface area (Å²) in [4.78, 5) is 0. The zero-order chi connectivity index (χ0) is 10.7. The molecule has 0 aromatic heterocycles. The second kappa shape index (κ2) is 5.02. The van der Waals surface area contributed by atoms with Gasteiger partial charge >= 0.3 is 0 Å². The lowest BCUT2D eigenvalue weighted by atomic mass is 10.2. The lowest BCUT2D eigenvalue weighted by Crippen LogP contribution is -2.15. The number of rotatable bonds is 4. The largest absolute Gasteiger partial charge is 0.311 e. The first kappa shape index (κ1) is 11.0. The molecule has 1 saturated carbocycles. The van der Waals surface area contributed by atoms with Gasteiger partial charge in [-0.05, 0) is 25.0 Å². The minimum absolute atomic E-state index is 0.699. The van der Waals surface area contributed by atoms with Crippen LogP contribution in [0.25, 0.3) is 6.08 Å². The van der Waals surface area contributed by atoms with Gasteiger partial charge < -0.3 is 5.32 Å². The average Bonchev–Trinajstić information content (AvgIpc) is 3.00. The fourth-order valence-electron chi connectivity index (χ4n) is 1.37. The van der Waals surface area contributed by atoms with Gasteiger partial charge in [-0.25, -0.2) is 0 Å². The molecule has 0 heterocycles. The summed E-state index contributed by atoms with van der Waals surface area (Å²) >= 11 is 12.1. The van der Waals surface area contributed by atoms with E-state index in [2.05, 4.69) is 11.4 Å². The molecule has 1 N–H and O–H groups in total. The molecule has 1 fully saturated rings. The van der Waals surface area contributed by atoms with Crippen LogP contribution in [0.15, 0.2) is 24.3 Å². The number of benzene rings is 1. The van der Waals surface area contributed by atoms with Gasteiger partial charge in [0.2, 0.25) is 0 Å². The van der Waals surface area contributed by atoms with E-state index in [4.69, 9.17) is 23.2 Å². The van der Waals surface area contributed by atoms with Gasteiger partial charge in [0.25, 0.3) is 0 Å². The van der Waals surface area contributed by atoms with Crippen molar-refractivity contribution in [2.75, 3.05) is 6.54 Å². The molecule has 1 aliphatic carbocycles. The number of nitrogens with one attached hydrogen (secondary N) is 1. The molecule has 15 heavy (non-hydrogen) atoms. The van der Waals surface area contributed by atoms with Crippen molar-refractivity contribution in [1.29, 1.82) is 0 Å². The third-order valence-electron chi connectivity index (χ3n) is 2.39. The fraction of sp³-hybridized carbons (Fsp3) is 0.333. The Morgan fingerprint density at radius 1 is 1.27 bits per heavy atom. The van der Waals surface area contributed by atoms with Crippen LogP contribution in [0, 0.1) is 0 Å². The maximum Gasteiger partial charge on any atom is 0.0493 e. The molecule has 1 aliphatic rings. The van der Waals surface area contributed by atoms with Crippen LogP contribution < -0.4 is 5.32 Å². The first-order valence-electron chi connectivity index (χ1n) is 5.11. The van der Waals surface area contributed by atoms with Crippen molar-refractivity contribution < 1.29 is 0 Å². The van der Waals surface area contributed by atoms with Crippen LogP contribution in [0.2, 0.25) is 10.0 Å². The van der Waals surface area contributed by atoms with Crippen molar-refractivity contribution in [2.45, 2.75) is 18.9 Å². The minimum Gasteiger partial charge on any atom is -0.311 e. The van der Waals surface area contributed by atoms with E-state index in [0.29, 0.717) is 10.0 Å².